The number of hydrogen-bond acceptors (Lipinski definition) is 3. The van der Waals surface area contributed by atoms with Crippen molar-refractivity contribution in [2.45, 2.75) is 45.8 Å². The summed E-state index contributed by atoms with van der Waals surface area (Å²) in [5.41, 5.74) is 1.51. The predicted molar refractivity (Wildman–Crippen MR) is 78.5 cm³/mol. The molecule has 0 spiro atoms. The Morgan fingerprint density at radius 1 is 1.15 bits per heavy atom. The third-order valence-electron chi connectivity index (χ3n) is 4.03. The number of ether oxygens (including phenoxy) is 2. The predicted octanol–water partition coefficient (Wildman–Crippen LogP) is 3.81. The van der Waals surface area contributed by atoms with Crippen LogP contribution in [0.3, 0.4) is 0 Å². The van der Waals surface area contributed by atoms with Gasteiger partial charge in [-0.3, -0.25) is 0 Å². The first-order chi connectivity index (χ1) is 9.60. The second-order valence-electron chi connectivity index (χ2n) is 6.00. The molecule has 0 bridgehead atoms. The lowest BCUT2D eigenvalue weighted by Crippen LogP contribution is -2.26. The van der Waals surface area contributed by atoms with E-state index in [0.717, 1.165) is 30.2 Å². The summed E-state index contributed by atoms with van der Waals surface area (Å²) >= 11 is 0. The molecule has 1 aromatic carbocycles. The van der Waals surface area contributed by atoms with Crippen molar-refractivity contribution in [1.29, 1.82) is 0 Å². The molecule has 1 saturated carbocycles. The van der Waals surface area contributed by atoms with E-state index in [1.54, 1.807) is 6.07 Å². The third-order valence-corrected chi connectivity index (χ3v) is 4.03. The summed E-state index contributed by atoms with van der Waals surface area (Å²) < 4.78 is 10.8. The Morgan fingerprint density at radius 2 is 1.80 bits per heavy atom. The molecule has 0 N–H and O–H groups in total. The second-order valence-corrected chi connectivity index (χ2v) is 6.00. The van der Waals surface area contributed by atoms with Gasteiger partial charge in [-0.25, -0.2) is 4.79 Å². The molecule has 1 aliphatic carbocycles. The molecule has 1 aromatic rings. The van der Waals surface area contributed by atoms with Gasteiger partial charge in [0.1, 0.15) is 0 Å². The van der Waals surface area contributed by atoms with Crippen LogP contribution in [0.25, 0.3) is 0 Å². The van der Waals surface area contributed by atoms with Crippen molar-refractivity contribution in [3.63, 3.8) is 0 Å². The molecule has 0 radical (unpaired) electrons. The average molecular weight is 276 g/mol. The van der Waals surface area contributed by atoms with Crippen LogP contribution in [-0.4, -0.2) is 19.2 Å². The Hall–Kier alpha value is -1.35. The van der Waals surface area contributed by atoms with Crippen molar-refractivity contribution in [3.8, 4) is 0 Å². The van der Waals surface area contributed by atoms with E-state index in [9.17, 15) is 4.79 Å². The van der Waals surface area contributed by atoms with Gasteiger partial charge in [0, 0.05) is 0 Å². The van der Waals surface area contributed by atoms with Crippen LogP contribution in [0, 0.1) is 11.8 Å². The summed E-state index contributed by atoms with van der Waals surface area (Å²) in [6, 6.07) is 7.50. The van der Waals surface area contributed by atoms with Gasteiger partial charge in [-0.2, -0.15) is 0 Å². The van der Waals surface area contributed by atoms with E-state index in [2.05, 4.69) is 13.8 Å². The van der Waals surface area contributed by atoms with Gasteiger partial charge in [-0.1, -0.05) is 32.0 Å². The molecule has 1 fully saturated rings. The van der Waals surface area contributed by atoms with Crippen LogP contribution in [0.2, 0.25) is 0 Å². The minimum atomic E-state index is -0.297. The van der Waals surface area contributed by atoms with E-state index in [1.165, 1.54) is 13.5 Å². The normalized spacial score (nSPS) is 26.2. The highest BCUT2D eigenvalue weighted by Crippen LogP contribution is 2.31. The molecule has 0 aliphatic heterocycles. The van der Waals surface area contributed by atoms with E-state index in [0.29, 0.717) is 18.3 Å². The highest BCUT2D eigenvalue weighted by molar-refractivity contribution is 5.90. The van der Waals surface area contributed by atoms with Crippen LogP contribution in [0.4, 0.5) is 0 Å². The Labute approximate surface area is 121 Å². The molecule has 3 heteroatoms. The Kier molecular flexibility index (Phi) is 5.18. The fourth-order valence-electron chi connectivity index (χ4n) is 3.17. The van der Waals surface area contributed by atoms with E-state index in [4.69, 9.17) is 9.47 Å². The Bertz CT molecular complexity index is 445. The first-order valence-corrected chi connectivity index (χ1v) is 7.38. The quantitative estimate of drug-likeness (QED) is 0.784. The maximum absolute atomic E-state index is 11.7. The average Bonchev–Trinajstić information content (AvgIpc) is 2.43. The smallest absolute Gasteiger partial charge is 0.338 e. The van der Waals surface area contributed by atoms with E-state index < -0.39 is 0 Å². The zero-order chi connectivity index (χ0) is 14.5. The largest absolute Gasteiger partial charge is 0.465 e. The Balaban J connectivity index is 1.98. The molecule has 110 valence electrons. The first kappa shape index (κ1) is 15.0. The highest BCUT2D eigenvalue weighted by atomic mass is 16.5. The second kappa shape index (κ2) is 6.89. The minimum Gasteiger partial charge on any atom is -0.465 e. The van der Waals surface area contributed by atoms with Crippen LogP contribution < -0.4 is 0 Å². The molecule has 3 nitrogen and oxygen atoms in total. The molecule has 2 unspecified atom stereocenters. The van der Waals surface area contributed by atoms with Crippen LogP contribution in [0.1, 0.15) is 49.0 Å². The minimum absolute atomic E-state index is 0.297. The van der Waals surface area contributed by atoms with Gasteiger partial charge in [0.15, 0.2) is 0 Å². The van der Waals surface area contributed by atoms with Crippen molar-refractivity contribution < 1.29 is 14.3 Å². The fraction of sp³-hybridized carbons (Fsp3) is 0.588. The number of carbonyl (C=O) groups excluding carboxylic acids is 1. The van der Waals surface area contributed by atoms with E-state index in [1.807, 2.05) is 18.2 Å². The van der Waals surface area contributed by atoms with Crippen LogP contribution >= 0.6 is 0 Å². The fourth-order valence-corrected chi connectivity index (χ4v) is 3.17. The number of esters is 1. The lowest BCUT2D eigenvalue weighted by atomic mass is 9.82. The molecule has 2 rings (SSSR count). The third kappa shape index (κ3) is 3.83. The van der Waals surface area contributed by atoms with Gasteiger partial charge >= 0.3 is 5.97 Å². The van der Waals surface area contributed by atoms with E-state index in [-0.39, 0.29) is 5.97 Å². The highest BCUT2D eigenvalue weighted by Gasteiger charge is 2.24. The zero-order valence-electron chi connectivity index (χ0n) is 12.6. The Morgan fingerprint density at radius 3 is 2.45 bits per heavy atom. The summed E-state index contributed by atoms with van der Waals surface area (Å²) in [4.78, 5) is 11.7. The van der Waals surface area contributed by atoms with Crippen molar-refractivity contribution in [2.24, 2.45) is 11.8 Å². The number of benzene rings is 1. The van der Waals surface area contributed by atoms with Crippen LogP contribution in [0.5, 0.6) is 0 Å². The molecule has 2 atom stereocenters. The lowest BCUT2D eigenvalue weighted by Gasteiger charge is -2.31. The summed E-state index contributed by atoms with van der Waals surface area (Å²) in [6.45, 7) is 5.05. The summed E-state index contributed by atoms with van der Waals surface area (Å²) in [5, 5.41) is 0. The number of hydrogen-bond donors (Lipinski definition) is 0. The van der Waals surface area contributed by atoms with Crippen molar-refractivity contribution in [1.82, 2.24) is 0 Å². The monoisotopic (exact) mass is 276 g/mol. The van der Waals surface area contributed by atoms with Crippen molar-refractivity contribution in [2.75, 3.05) is 7.11 Å². The molecular formula is C17H24O3. The van der Waals surface area contributed by atoms with Gasteiger partial charge in [0.25, 0.3) is 0 Å². The lowest BCUT2D eigenvalue weighted by molar-refractivity contribution is -0.00963. The molecule has 0 heterocycles. The number of carbonyl (C=O) groups is 1. The van der Waals surface area contributed by atoms with Crippen molar-refractivity contribution in [3.05, 3.63) is 35.4 Å². The van der Waals surface area contributed by atoms with Gasteiger partial charge in [-0.15, -0.1) is 0 Å². The SMILES string of the molecule is COC(=O)c1ccccc1COC1CC(C)CC(C)C1. The van der Waals surface area contributed by atoms with Gasteiger partial charge in [0.05, 0.1) is 25.4 Å². The first-order valence-electron chi connectivity index (χ1n) is 7.38. The van der Waals surface area contributed by atoms with Gasteiger partial charge in [-0.05, 0) is 42.7 Å². The number of methoxy groups -OCH3 is 1. The molecule has 20 heavy (non-hydrogen) atoms. The van der Waals surface area contributed by atoms with E-state index >= 15 is 0 Å². The molecular weight excluding hydrogens is 252 g/mol. The molecule has 0 aromatic heterocycles. The van der Waals surface area contributed by atoms with Gasteiger partial charge < -0.3 is 9.47 Å². The maximum Gasteiger partial charge on any atom is 0.338 e. The summed E-state index contributed by atoms with van der Waals surface area (Å²) in [5.74, 6) is 1.15. The summed E-state index contributed by atoms with van der Waals surface area (Å²) in [6.07, 6.45) is 3.83. The number of rotatable bonds is 4. The van der Waals surface area contributed by atoms with Gasteiger partial charge in [0.2, 0.25) is 0 Å². The molecule has 1 aliphatic rings. The molecule has 0 amide bonds. The zero-order valence-corrected chi connectivity index (χ0v) is 12.6. The van der Waals surface area contributed by atoms with Crippen LogP contribution in [0.15, 0.2) is 24.3 Å². The van der Waals surface area contributed by atoms with Crippen LogP contribution in [-0.2, 0) is 16.1 Å². The standard InChI is InChI=1S/C17H24O3/c1-12-8-13(2)10-15(9-12)20-11-14-6-4-5-7-16(14)17(18)19-3/h4-7,12-13,15H,8-11H2,1-3H3. The van der Waals surface area contributed by atoms with Crippen molar-refractivity contribution >= 4 is 5.97 Å². The molecule has 0 saturated heterocycles. The topological polar surface area (TPSA) is 35.5 Å². The summed E-state index contributed by atoms with van der Waals surface area (Å²) in [7, 11) is 1.41. The maximum atomic E-state index is 11.7.